The summed E-state index contributed by atoms with van der Waals surface area (Å²) in [5.74, 6) is 0.748. The van der Waals surface area contributed by atoms with Crippen molar-refractivity contribution < 1.29 is 9.53 Å². The Morgan fingerprint density at radius 2 is 1.77 bits per heavy atom. The van der Waals surface area contributed by atoms with E-state index >= 15 is 0 Å². The molecule has 3 rings (SSSR count). The quantitative estimate of drug-likeness (QED) is 0.238. The lowest BCUT2D eigenvalue weighted by molar-refractivity contribution is 0.252. The van der Waals surface area contributed by atoms with Crippen molar-refractivity contribution in [1.82, 2.24) is 5.43 Å². The van der Waals surface area contributed by atoms with E-state index in [1.807, 2.05) is 67.6 Å². The molecular weight excluding hydrogens is 578 g/mol. The third kappa shape index (κ3) is 6.68. The molecule has 30 heavy (non-hydrogen) atoms. The lowest BCUT2D eigenvalue weighted by Gasteiger charge is -2.08. The summed E-state index contributed by atoms with van der Waals surface area (Å²) >= 11 is 10.4. The van der Waals surface area contributed by atoms with Crippen molar-refractivity contribution in [2.45, 2.75) is 13.5 Å². The highest BCUT2D eigenvalue weighted by Crippen LogP contribution is 2.23. The number of aryl methyl sites for hydroxylation is 1. The van der Waals surface area contributed by atoms with Crippen LogP contribution in [0, 0.1) is 6.92 Å². The van der Waals surface area contributed by atoms with E-state index in [0.29, 0.717) is 12.3 Å². The third-order valence-electron chi connectivity index (χ3n) is 4.09. The third-order valence-corrected chi connectivity index (χ3v) is 6.21. The number of nitrogens with zero attached hydrogens (tertiary/aromatic N) is 1. The summed E-state index contributed by atoms with van der Waals surface area (Å²) in [7, 11) is 0. The minimum Gasteiger partial charge on any atom is -0.489 e. The highest BCUT2D eigenvalue weighted by molar-refractivity contribution is 9.11. The molecule has 0 saturated heterocycles. The average molecular weight is 596 g/mol. The maximum absolute atomic E-state index is 11.9. The Morgan fingerprint density at radius 1 is 1.00 bits per heavy atom. The standard InChI is InChI=1S/C22H18Br3N3O2/c1-14-10-18(6-9-20(14)24)27-22(29)28-26-12-15-2-7-19(8-3-15)30-13-16-4-5-17(23)11-21(16)25/h2-12H,13H2,1H3,(H2,27,28,29)/b26-12+. The van der Waals surface area contributed by atoms with E-state index in [4.69, 9.17) is 4.74 Å². The van der Waals surface area contributed by atoms with Crippen LogP contribution < -0.4 is 15.5 Å². The zero-order chi connectivity index (χ0) is 21.5. The van der Waals surface area contributed by atoms with Gasteiger partial charge in [-0.1, -0.05) is 53.9 Å². The number of urea groups is 1. The Balaban J connectivity index is 1.49. The van der Waals surface area contributed by atoms with Gasteiger partial charge >= 0.3 is 6.03 Å². The molecule has 0 unspecified atom stereocenters. The molecule has 3 aromatic carbocycles. The van der Waals surface area contributed by atoms with Crippen molar-refractivity contribution in [3.05, 3.63) is 90.8 Å². The van der Waals surface area contributed by atoms with Crippen molar-refractivity contribution in [1.29, 1.82) is 0 Å². The van der Waals surface area contributed by atoms with Gasteiger partial charge in [0, 0.05) is 24.7 Å². The monoisotopic (exact) mass is 593 g/mol. The minimum absolute atomic E-state index is 0.409. The van der Waals surface area contributed by atoms with Gasteiger partial charge in [0.25, 0.3) is 0 Å². The molecule has 154 valence electrons. The average Bonchev–Trinajstić information content (AvgIpc) is 2.71. The fourth-order valence-corrected chi connectivity index (χ4v) is 3.91. The summed E-state index contributed by atoms with van der Waals surface area (Å²) in [6.07, 6.45) is 1.57. The molecule has 0 bridgehead atoms. The summed E-state index contributed by atoms with van der Waals surface area (Å²) in [4.78, 5) is 11.9. The zero-order valence-corrected chi connectivity index (χ0v) is 20.7. The van der Waals surface area contributed by atoms with E-state index in [1.165, 1.54) is 0 Å². The van der Waals surface area contributed by atoms with E-state index in [-0.39, 0.29) is 0 Å². The number of anilines is 1. The zero-order valence-electron chi connectivity index (χ0n) is 16.0. The van der Waals surface area contributed by atoms with E-state index in [0.717, 1.165) is 35.9 Å². The number of rotatable bonds is 6. The van der Waals surface area contributed by atoms with Crippen LogP contribution in [0.2, 0.25) is 0 Å². The topological polar surface area (TPSA) is 62.7 Å². The van der Waals surface area contributed by atoms with Gasteiger partial charge in [-0.3, -0.25) is 0 Å². The molecule has 8 heteroatoms. The first-order valence-corrected chi connectivity index (χ1v) is 11.3. The molecule has 0 spiro atoms. The van der Waals surface area contributed by atoms with E-state index in [1.54, 1.807) is 6.21 Å². The van der Waals surface area contributed by atoms with Crippen molar-refractivity contribution in [2.75, 3.05) is 5.32 Å². The lowest BCUT2D eigenvalue weighted by atomic mass is 10.2. The molecule has 0 fully saturated rings. The normalized spacial score (nSPS) is 10.8. The van der Waals surface area contributed by atoms with Gasteiger partial charge < -0.3 is 10.1 Å². The molecule has 0 aromatic heterocycles. The predicted octanol–water partition coefficient (Wildman–Crippen LogP) is 7.02. The smallest absolute Gasteiger partial charge is 0.339 e. The van der Waals surface area contributed by atoms with Crippen LogP contribution in [0.15, 0.2) is 79.2 Å². The summed E-state index contributed by atoms with van der Waals surface area (Å²) in [5.41, 5.74) is 6.08. The summed E-state index contributed by atoms with van der Waals surface area (Å²) in [6.45, 7) is 2.41. The number of hydrogen-bond donors (Lipinski definition) is 2. The first-order chi connectivity index (χ1) is 14.4. The lowest BCUT2D eigenvalue weighted by Crippen LogP contribution is -2.24. The van der Waals surface area contributed by atoms with Crippen LogP contribution in [0.25, 0.3) is 0 Å². The van der Waals surface area contributed by atoms with Gasteiger partial charge in [0.2, 0.25) is 0 Å². The van der Waals surface area contributed by atoms with Gasteiger partial charge in [-0.25, -0.2) is 10.2 Å². The number of amides is 2. The molecule has 0 radical (unpaired) electrons. The molecule has 0 atom stereocenters. The number of hydrogen-bond acceptors (Lipinski definition) is 3. The molecule has 2 N–H and O–H groups in total. The van der Waals surface area contributed by atoms with Crippen LogP contribution in [0.4, 0.5) is 10.5 Å². The molecule has 0 aliphatic rings. The molecule has 0 saturated carbocycles. The molecule has 0 aliphatic heterocycles. The minimum atomic E-state index is -0.409. The maximum Gasteiger partial charge on any atom is 0.339 e. The van der Waals surface area contributed by atoms with Gasteiger partial charge in [-0.2, -0.15) is 5.10 Å². The number of halogens is 3. The Labute approximate surface area is 200 Å². The molecule has 5 nitrogen and oxygen atoms in total. The van der Waals surface area contributed by atoms with Gasteiger partial charge in [0.1, 0.15) is 12.4 Å². The van der Waals surface area contributed by atoms with Gasteiger partial charge in [0.15, 0.2) is 0 Å². The van der Waals surface area contributed by atoms with Crippen LogP contribution in [-0.2, 0) is 6.61 Å². The van der Waals surface area contributed by atoms with Crippen LogP contribution >= 0.6 is 47.8 Å². The van der Waals surface area contributed by atoms with Crippen molar-refractivity contribution >= 4 is 65.7 Å². The van der Waals surface area contributed by atoms with Crippen molar-refractivity contribution in [3.8, 4) is 5.75 Å². The van der Waals surface area contributed by atoms with Crippen LogP contribution in [0.1, 0.15) is 16.7 Å². The Hall–Kier alpha value is -2.16. The predicted molar refractivity (Wildman–Crippen MR) is 131 cm³/mol. The fourth-order valence-electron chi connectivity index (χ4n) is 2.50. The second-order valence-electron chi connectivity index (χ2n) is 6.38. The number of benzene rings is 3. The van der Waals surface area contributed by atoms with Gasteiger partial charge in [-0.15, -0.1) is 0 Å². The van der Waals surface area contributed by atoms with Crippen molar-refractivity contribution in [3.63, 3.8) is 0 Å². The van der Waals surface area contributed by atoms with E-state index in [2.05, 4.69) is 63.6 Å². The molecular formula is C22H18Br3N3O2. The SMILES string of the molecule is Cc1cc(NC(=O)N/N=C/c2ccc(OCc3ccc(Br)cc3Br)cc2)ccc1Br. The first kappa shape index (κ1) is 22.5. The molecule has 2 amide bonds. The number of nitrogens with one attached hydrogen (secondary N) is 2. The van der Waals surface area contributed by atoms with Gasteiger partial charge in [-0.05, 0) is 72.6 Å². The Morgan fingerprint density at radius 3 is 2.47 bits per heavy atom. The summed E-state index contributed by atoms with van der Waals surface area (Å²) in [6, 6.07) is 18.6. The Kier molecular flexibility index (Phi) is 8.07. The second-order valence-corrected chi connectivity index (χ2v) is 9.01. The first-order valence-electron chi connectivity index (χ1n) is 8.94. The van der Waals surface area contributed by atoms with E-state index in [9.17, 15) is 4.79 Å². The van der Waals surface area contributed by atoms with E-state index < -0.39 is 6.03 Å². The number of hydrazone groups is 1. The number of ether oxygens (including phenoxy) is 1. The van der Waals surface area contributed by atoms with Gasteiger partial charge in [0.05, 0.1) is 6.21 Å². The fraction of sp³-hybridized carbons (Fsp3) is 0.0909. The molecule has 0 heterocycles. The number of carbonyl (C=O) groups is 1. The largest absolute Gasteiger partial charge is 0.489 e. The number of carbonyl (C=O) groups excluding carboxylic acids is 1. The molecule has 0 aliphatic carbocycles. The highest BCUT2D eigenvalue weighted by atomic mass is 79.9. The van der Waals surface area contributed by atoms with Crippen LogP contribution in [0.5, 0.6) is 5.75 Å². The highest BCUT2D eigenvalue weighted by Gasteiger charge is 2.03. The van der Waals surface area contributed by atoms with Crippen molar-refractivity contribution in [2.24, 2.45) is 5.10 Å². The second kappa shape index (κ2) is 10.7. The van der Waals surface area contributed by atoms with Crippen LogP contribution in [0.3, 0.4) is 0 Å². The Bertz CT molecular complexity index is 1070. The summed E-state index contributed by atoms with van der Waals surface area (Å²) < 4.78 is 8.81. The maximum atomic E-state index is 11.9. The van der Waals surface area contributed by atoms with Crippen LogP contribution in [-0.4, -0.2) is 12.2 Å². The molecule has 3 aromatic rings. The summed E-state index contributed by atoms with van der Waals surface area (Å²) in [5, 5.41) is 6.71.